The Hall–Kier alpha value is -3.93. The van der Waals surface area contributed by atoms with Crippen LogP contribution in [0.15, 0.2) is 72.8 Å². The third-order valence-corrected chi connectivity index (χ3v) is 5.29. The van der Waals surface area contributed by atoms with Crippen molar-refractivity contribution in [2.24, 2.45) is 0 Å². The van der Waals surface area contributed by atoms with Crippen molar-refractivity contribution in [3.63, 3.8) is 0 Å². The largest absolute Gasteiger partial charge is 0.352 e. The molecular formula is C26H26N4O2. The van der Waals surface area contributed by atoms with Crippen LogP contribution in [-0.4, -0.2) is 27.9 Å². The second kappa shape index (κ2) is 9.47. The summed E-state index contributed by atoms with van der Waals surface area (Å²) in [6, 6.07) is 22.9. The van der Waals surface area contributed by atoms with E-state index in [1.54, 1.807) is 0 Å². The third kappa shape index (κ3) is 5.03. The van der Waals surface area contributed by atoms with Gasteiger partial charge in [0.2, 0.25) is 5.91 Å². The van der Waals surface area contributed by atoms with Crippen LogP contribution in [0, 0.1) is 13.8 Å². The van der Waals surface area contributed by atoms with Crippen LogP contribution in [-0.2, 0) is 17.8 Å². The first-order chi connectivity index (χ1) is 15.5. The SMILES string of the molecule is Cc1ccc(C(=O)NCCc2nc3ccccc3n2CC(=O)Nc2cccc(C)c2)cc1. The first-order valence-corrected chi connectivity index (χ1v) is 10.6. The maximum atomic E-state index is 12.8. The normalized spacial score (nSPS) is 10.8. The predicted molar refractivity (Wildman–Crippen MR) is 127 cm³/mol. The average Bonchev–Trinajstić information content (AvgIpc) is 3.11. The van der Waals surface area contributed by atoms with Gasteiger partial charge in [0.25, 0.3) is 5.91 Å². The van der Waals surface area contributed by atoms with E-state index in [2.05, 4.69) is 10.6 Å². The Morgan fingerprint density at radius 3 is 2.47 bits per heavy atom. The standard InChI is InChI=1S/C26H26N4O2/c1-18-10-12-20(13-11-18)26(32)27-15-14-24-29-22-8-3-4-9-23(22)30(24)17-25(31)28-21-7-5-6-19(2)16-21/h3-13,16H,14-15,17H2,1-2H3,(H,27,32)(H,28,31). The van der Waals surface area contributed by atoms with Crippen LogP contribution >= 0.6 is 0 Å². The van der Waals surface area contributed by atoms with Gasteiger partial charge in [-0.25, -0.2) is 4.98 Å². The number of hydrogen-bond donors (Lipinski definition) is 2. The van der Waals surface area contributed by atoms with Gasteiger partial charge in [0, 0.05) is 24.2 Å². The first-order valence-electron chi connectivity index (χ1n) is 10.6. The lowest BCUT2D eigenvalue weighted by molar-refractivity contribution is -0.116. The van der Waals surface area contributed by atoms with Gasteiger partial charge in [-0.2, -0.15) is 0 Å². The second-order valence-corrected chi connectivity index (χ2v) is 7.89. The van der Waals surface area contributed by atoms with E-state index in [-0.39, 0.29) is 18.4 Å². The van der Waals surface area contributed by atoms with Crippen molar-refractivity contribution in [1.29, 1.82) is 0 Å². The van der Waals surface area contributed by atoms with Gasteiger partial charge in [0.1, 0.15) is 12.4 Å². The molecule has 0 bridgehead atoms. The number of hydrogen-bond acceptors (Lipinski definition) is 3. The zero-order valence-electron chi connectivity index (χ0n) is 18.3. The Kier molecular flexibility index (Phi) is 6.31. The number of para-hydroxylation sites is 2. The molecule has 0 saturated heterocycles. The number of aryl methyl sites for hydroxylation is 2. The number of carbonyl (C=O) groups is 2. The van der Waals surface area contributed by atoms with Crippen LogP contribution in [0.1, 0.15) is 27.3 Å². The van der Waals surface area contributed by atoms with Gasteiger partial charge in [0.05, 0.1) is 11.0 Å². The number of carbonyl (C=O) groups excluding carboxylic acids is 2. The van der Waals surface area contributed by atoms with Crippen LogP contribution < -0.4 is 10.6 Å². The maximum Gasteiger partial charge on any atom is 0.251 e. The van der Waals surface area contributed by atoms with Crippen LogP contribution in [0.2, 0.25) is 0 Å². The monoisotopic (exact) mass is 426 g/mol. The van der Waals surface area contributed by atoms with E-state index < -0.39 is 0 Å². The first kappa shape index (κ1) is 21.3. The molecule has 0 fully saturated rings. The van der Waals surface area contributed by atoms with Crippen LogP contribution in [0.3, 0.4) is 0 Å². The summed E-state index contributed by atoms with van der Waals surface area (Å²) in [5.41, 5.74) is 5.32. The molecule has 0 radical (unpaired) electrons. The lowest BCUT2D eigenvalue weighted by Crippen LogP contribution is -2.27. The molecule has 32 heavy (non-hydrogen) atoms. The minimum atomic E-state index is -0.122. The number of aromatic nitrogens is 2. The minimum absolute atomic E-state index is 0.121. The molecule has 0 aliphatic heterocycles. The maximum absolute atomic E-state index is 12.8. The quantitative estimate of drug-likeness (QED) is 0.464. The molecule has 4 rings (SSSR count). The summed E-state index contributed by atoms with van der Waals surface area (Å²) in [6.07, 6.45) is 0.518. The molecule has 3 aromatic carbocycles. The predicted octanol–water partition coefficient (Wildman–Crippen LogP) is 4.26. The molecule has 1 aromatic heterocycles. The topological polar surface area (TPSA) is 76.0 Å². The number of nitrogens with zero attached hydrogens (tertiary/aromatic N) is 2. The molecule has 0 atom stereocenters. The van der Waals surface area contributed by atoms with Gasteiger partial charge in [-0.1, -0.05) is 42.0 Å². The van der Waals surface area contributed by atoms with E-state index in [0.29, 0.717) is 18.5 Å². The van der Waals surface area contributed by atoms with Gasteiger partial charge in [0.15, 0.2) is 0 Å². The van der Waals surface area contributed by atoms with E-state index in [4.69, 9.17) is 4.98 Å². The highest BCUT2D eigenvalue weighted by atomic mass is 16.2. The van der Waals surface area contributed by atoms with Crippen molar-refractivity contribution in [2.75, 3.05) is 11.9 Å². The number of fused-ring (bicyclic) bond motifs is 1. The minimum Gasteiger partial charge on any atom is -0.352 e. The molecule has 0 spiro atoms. The highest BCUT2D eigenvalue weighted by Gasteiger charge is 2.14. The molecule has 0 aliphatic rings. The smallest absolute Gasteiger partial charge is 0.251 e. The average molecular weight is 427 g/mol. The zero-order chi connectivity index (χ0) is 22.5. The number of rotatable bonds is 7. The summed E-state index contributed by atoms with van der Waals surface area (Å²) < 4.78 is 1.92. The number of amides is 2. The molecule has 0 aliphatic carbocycles. The second-order valence-electron chi connectivity index (χ2n) is 7.89. The molecule has 2 amide bonds. The van der Waals surface area contributed by atoms with Crippen LogP contribution in [0.5, 0.6) is 0 Å². The molecule has 0 unspecified atom stereocenters. The fourth-order valence-electron chi connectivity index (χ4n) is 3.65. The Morgan fingerprint density at radius 2 is 1.69 bits per heavy atom. The van der Waals surface area contributed by atoms with Gasteiger partial charge in [-0.05, 0) is 55.8 Å². The Bertz CT molecular complexity index is 1260. The third-order valence-electron chi connectivity index (χ3n) is 5.29. The van der Waals surface area contributed by atoms with Crippen LogP contribution in [0.4, 0.5) is 5.69 Å². The molecule has 162 valence electrons. The highest BCUT2D eigenvalue weighted by Crippen LogP contribution is 2.17. The van der Waals surface area contributed by atoms with Crippen molar-refractivity contribution in [1.82, 2.24) is 14.9 Å². The fraction of sp³-hybridized carbons (Fsp3) is 0.192. The summed E-state index contributed by atoms with van der Waals surface area (Å²) in [5.74, 6) is 0.517. The molecular weight excluding hydrogens is 400 g/mol. The molecule has 4 aromatic rings. The van der Waals surface area contributed by atoms with Crippen LogP contribution in [0.25, 0.3) is 11.0 Å². The number of nitrogens with one attached hydrogen (secondary N) is 2. The lowest BCUT2D eigenvalue weighted by Gasteiger charge is -2.11. The van der Waals surface area contributed by atoms with Crippen molar-refractivity contribution < 1.29 is 9.59 Å². The van der Waals surface area contributed by atoms with E-state index >= 15 is 0 Å². The van der Waals surface area contributed by atoms with Crippen molar-refractivity contribution in [3.8, 4) is 0 Å². The Labute approximate surface area is 187 Å². The number of benzene rings is 3. The Balaban J connectivity index is 1.46. The Morgan fingerprint density at radius 1 is 0.906 bits per heavy atom. The van der Waals surface area contributed by atoms with Crippen molar-refractivity contribution in [2.45, 2.75) is 26.8 Å². The summed E-state index contributed by atoms with van der Waals surface area (Å²) in [4.78, 5) is 29.9. The zero-order valence-corrected chi connectivity index (χ0v) is 18.3. The number of anilines is 1. The van der Waals surface area contributed by atoms with Crippen molar-refractivity contribution in [3.05, 3.63) is 95.3 Å². The summed E-state index contributed by atoms with van der Waals surface area (Å²) in [7, 11) is 0. The summed E-state index contributed by atoms with van der Waals surface area (Å²) in [5, 5.41) is 5.90. The summed E-state index contributed by atoms with van der Waals surface area (Å²) >= 11 is 0. The molecule has 1 heterocycles. The van der Waals surface area contributed by atoms with E-state index in [1.165, 1.54) is 0 Å². The molecule has 0 saturated carbocycles. The van der Waals surface area contributed by atoms with Gasteiger partial charge >= 0.3 is 0 Å². The van der Waals surface area contributed by atoms with E-state index in [0.717, 1.165) is 33.7 Å². The van der Waals surface area contributed by atoms with Gasteiger partial charge < -0.3 is 15.2 Å². The van der Waals surface area contributed by atoms with Gasteiger partial charge in [-0.15, -0.1) is 0 Å². The highest BCUT2D eigenvalue weighted by molar-refractivity contribution is 5.94. The molecule has 2 N–H and O–H groups in total. The van der Waals surface area contributed by atoms with Crippen molar-refractivity contribution >= 4 is 28.5 Å². The summed E-state index contributed by atoms with van der Waals surface area (Å²) in [6.45, 7) is 4.55. The lowest BCUT2D eigenvalue weighted by atomic mass is 10.1. The molecule has 6 heteroatoms. The van der Waals surface area contributed by atoms with E-state index in [9.17, 15) is 9.59 Å². The van der Waals surface area contributed by atoms with Gasteiger partial charge in [-0.3, -0.25) is 9.59 Å². The van der Waals surface area contributed by atoms with E-state index in [1.807, 2.05) is 91.2 Å². The number of imidazole rings is 1. The molecule has 6 nitrogen and oxygen atoms in total. The fourth-order valence-corrected chi connectivity index (χ4v) is 3.65.